The van der Waals surface area contributed by atoms with Gasteiger partial charge in [0, 0.05) is 44.1 Å². The lowest BCUT2D eigenvalue weighted by molar-refractivity contribution is -0.258. The summed E-state index contributed by atoms with van der Waals surface area (Å²) in [5, 5.41) is 25.2. The number of hydrogen-bond acceptors (Lipinski definition) is 10. The van der Waals surface area contributed by atoms with Gasteiger partial charge in [0.25, 0.3) is 0 Å². The number of methoxy groups -OCH3 is 1. The molecule has 2 N–H and O–H groups in total. The van der Waals surface area contributed by atoms with Gasteiger partial charge < -0.3 is 38.9 Å². The zero-order chi connectivity index (χ0) is 51.4. The summed E-state index contributed by atoms with van der Waals surface area (Å²) in [5.74, 6) is -0.716. The first-order chi connectivity index (χ1) is 35.8. The Bertz CT molecular complexity index is 2440. The molecule has 392 valence electrons. The molecule has 4 aromatic carbocycles. The lowest BCUT2D eigenvalue weighted by atomic mass is 9.55. The van der Waals surface area contributed by atoms with Crippen LogP contribution in [0, 0.1) is 23.6 Å². The standard InChI is InChI=1S/C61H77FN2O9/c1-4-6-7-8-9-10-11-12-16-25-58(68)64(41-44-26-28-48(62)29-27-44)57-40-54(63-71-43-45-21-14-13-15-22-45)52-38-46(23-17-19-34-65)51(24-18-20-35-66)59-53-39-50(72-49-30-32-55(69-3)47(37-49)42-67)31-33-56(53)73-61(57,60(52)59)70-36-5-2/h5,13-15,21-22,26-33,37-39,42,46,51,57,59-60,65-66H,2,4,6-12,16-20,23-25,34-36,40-41,43H2,1,3H3. The second-order valence-corrected chi connectivity index (χ2v) is 19.9. The van der Waals surface area contributed by atoms with E-state index in [1.165, 1.54) is 51.3 Å². The van der Waals surface area contributed by atoms with Crippen LogP contribution in [0.1, 0.15) is 149 Å². The molecular weight excluding hydrogens is 924 g/mol. The number of carbonyl (C=O) groups is 2. The summed E-state index contributed by atoms with van der Waals surface area (Å²) in [6.45, 7) is 6.98. The quantitative estimate of drug-likeness (QED) is 0.0218. The monoisotopic (exact) mass is 1000 g/mol. The van der Waals surface area contributed by atoms with Gasteiger partial charge in [-0.2, -0.15) is 0 Å². The van der Waals surface area contributed by atoms with Crippen molar-refractivity contribution in [2.24, 2.45) is 22.9 Å². The molecule has 4 aromatic rings. The molecule has 0 saturated heterocycles. The van der Waals surface area contributed by atoms with Crippen LogP contribution in [0.4, 0.5) is 4.39 Å². The molecule has 2 aliphatic carbocycles. The maximum absolute atomic E-state index is 15.3. The zero-order valence-corrected chi connectivity index (χ0v) is 43.1. The molecule has 12 heteroatoms. The minimum atomic E-state index is -1.48. The molecule has 73 heavy (non-hydrogen) atoms. The fourth-order valence-corrected chi connectivity index (χ4v) is 11.4. The van der Waals surface area contributed by atoms with E-state index in [0.717, 1.165) is 79.9 Å². The highest BCUT2D eigenvalue weighted by Crippen LogP contribution is 2.62. The van der Waals surface area contributed by atoms with E-state index in [1.807, 2.05) is 53.4 Å². The van der Waals surface area contributed by atoms with Crippen LogP contribution in [-0.4, -0.2) is 71.8 Å². The fourth-order valence-electron chi connectivity index (χ4n) is 11.4. The van der Waals surface area contributed by atoms with E-state index in [2.05, 4.69) is 19.6 Å². The summed E-state index contributed by atoms with van der Waals surface area (Å²) in [7, 11) is 1.52. The maximum Gasteiger partial charge on any atom is 0.239 e. The second-order valence-electron chi connectivity index (χ2n) is 19.9. The van der Waals surface area contributed by atoms with Crippen molar-refractivity contribution in [3.8, 4) is 23.0 Å². The number of oxime groups is 1. The SMILES string of the molecule is C=CCOC12Oc3ccc(Oc4ccc(OC)c(C=O)c4)cc3C3C(CCCCO)C(CCCCO)C=C(C(=NOCc4ccccc4)CC1N(Cc1ccc(F)cc1)C(=O)CCCCCCCCCCC)C32. The molecule has 0 aromatic heterocycles. The largest absolute Gasteiger partial charge is 0.496 e. The van der Waals surface area contributed by atoms with Crippen LogP contribution in [0.3, 0.4) is 0 Å². The number of aliphatic hydroxyl groups is 2. The number of halogens is 1. The third-order valence-corrected chi connectivity index (χ3v) is 14.9. The van der Waals surface area contributed by atoms with E-state index < -0.39 is 17.7 Å². The van der Waals surface area contributed by atoms with Gasteiger partial charge in [-0.1, -0.05) is 131 Å². The smallest absolute Gasteiger partial charge is 0.239 e. The molecule has 3 aliphatic rings. The van der Waals surface area contributed by atoms with Gasteiger partial charge in [0.05, 0.1) is 30.9 Å². The normalized spacial score (nSPS) is 21.3. The number of fused-ring (bicyclic) bond motifs is 2. The third-order valence-electron chi connectivity index (χ3n) is 14.9. The van der Waals surface area contributed by atoms with Gasteiger partial charge in [0.15, 0.2) is 6.29 Å². The summed E-state index contributed by atoms with van der Waals surface area (Å²) in [6, 6.07) is 26.3. The summed E-state index contributed by atoms with van der Waals surface area (Å²) in [6.07, 6.45) is 19.7. The third kappa shape index (κ3) is 14.1. The summed E-state index contributed by atoms with van der Waals surface area (Å²) >= 11 is 0. The predicted molar refractivity (Wildman–Crippen MR) is 283 cm³/mol. The molecule has 1 amide bonds. The van der Waals surface area contributed by atoms with Crippen LogP contribution in [0.25, 0.3) is 0 Å². The number of unbranched alkanes of at least 4 members (excludes halogenated alkanes) is 10. The number of aliphatic hydroxyl groups excluding tert-OH is 2. The number of amides is 1. The zero-order valence-electron chi connectivity index (χ0n) is 43.1. The molecule has 6 atom stereocenters. The number of nitrogens with zero attached hydrogens (tertiary/aromatic N) is 2. The van der Waals surface area contributed by atoms with Crippen LogP contribution in [0.15, 0.2) is 120 Å². The summed E-state index contributed by atoms with van der Waals surface area (Å²) in [5.41, 5.74) is 4.58. The van der Waals surface area contributed by atoms with Gasteiger partial charge in [-0.25, -0.2) is 4.39 Å². The van der Waals surface area contributed by atoms with E-state index in [0.29, 0.717) is 53.5 Å². The highest BCUT2D eigenvalue weighted by molar-refractivity contribution is 6.03. The molecule has 0 bridgehead atoms. The van der Waals surface area contributed by atoms with E-state index in [9.17, 15) is 19.4 Å². The van der Waals surface area contributed by atoms with Crippen molar-refractivity contribution in [2.45, 2.75) is 147 Å². The highest BCUT2D eigenvalue weighted by Gasteiger charge is 2.65. The number of hydrogen-bond donors (Lipinski definition) is 2. The molecule has 7 rings (SSSR count). The Hall–Kier alpha value is -5.82. The number of benzene rings is 4. The Balaban J connectivity index is 1.39. The molecule has 11 nitrogen and oxygen atoms in total. The van der Waals surface area contributed by atoms with E-state index in [-0.39, 0.29) is 68.9 Å². The Morgan fingerprint density at radius 1 is 0.849 bits per heavy atom. The minimum Gasteiger partial charge on any atom is -0.496 e. The number of allylic oxidation sites excluding steroid dienone is 1. The van der Waals surface area contributed by atoms with Gasteiger partial charge in [0.1, 0.15) is 41.5 Å². The number of carbonyl (C=O) groups excluding carboxylic acids is 2. The van der Waals surface area contributed by atoms with Crippen molar-refractivity contribution < 1.29 is 48.0 Å². The fraction of sp³-hybridized carbons (Fsp3) is 0.492. The van der Waals surface area contributed by atoms with Gasteiger partial charge in [-0.05, 0) is 109 Å². The van der Waals surface area contributed by atoms with Crippen molar-refractivity contribution >= 4 is 17.9 Å². The second kappa shape index (κ2) is 28.0. The van der Waals surface area contributed by atoms with Crippen LogP contribution in [0.5, 0.6) is 23.0 Å². The molecule has 1 aliphatic heterocycles. The molecule has 1 saturated carbocycles. The van der Waals surface area contributed by atoms with Gasteiger partial charge in [0.2, 0.25) is 11.7 Å². The Morgan fingerprint density at radius 3 is 2.25 bits per heavy atom. The maximum atomic E-state index is 15.3. The Morgan fingerprint density at radius 2 is 1.55 bits per heavy atom. The first-order valence-corrected chi connectivity index (χ1v) is 26.9. The average molecular weight is 1000 g/mol. The van der Waals surface area contributed by atoms with Crippen molar-refractivity contribution in [3.05, 3.63) is 143 Å². The lowest BCUT2D eigenvalue weighted by Gasteiger charge is -2.60. The number of aldehydes is 1. The predicted octanol–water partition coefficient (Wildman–Crippen LogP) is 13.2. The van der Waals surface area contributed by atoms with Gasteiger partial charge in [-0.3, -0.25) is 9.59 Å². The summed E-state index contributed by atoms with van der Waals surface area (Å²) in [4.78, 5) is 35.6. The number of rotatable bonds is 31. The van der Waals surface area contributed by atoms with E-state index in [4.69, 9.17) is 28.9 Å². The van der Waals surface area contributed by atoms with Crippen LogP contribution in [0.2, 0.25) is 0 Å². The van der Waals surface area contributed by atoms with Gasteiger partial charge in [-0.15, -0.1) is 6.58 Å². The van der Waals surface area contributed by atoms with Gasteiger partial charge >= 0.3 is 0 Å². The van der Waals surface area contributed by atoms with Crippen LogP contribution >= 0.6 is 0 Å². The Labute approximate surface area is 432 Å². The molecule has 0 spiro atoms. The van der Waals surface area contributed by atoms with Crippen molar-refractivity contribution in [2.75, 3.05) is 26.9 Å². The van der Waals surface area contributed by atoms with E-state index >= 15 is 4.79 Å². The molecule has 1 heterocycles. The lowest BCUT2D eigenvalue weighted by Crippen LogP contribution is -2.70. The first-order valence-electron chi connectivity index (χ1n) is 26.9. The molecule has 6 unspecified atom stereocenters. The molecular formula is C61H77FN2O9. The van der Waals surface area contributed by atoms with E-state index in [1.54, 1.807) is 36.4 Å². The number of ether oxygens (including phenoxy) is 4. The minimum absolute atomic E-state index is 0.0142. The first kappa shape index (κ1) is 54.9. The topological polar surface area (TPSA) is 136 Å². The van der Waals surface area contributed by atoms with Crippen molar-refractivity contribution in [3.63, 3.8) is 0 Å². The van der Waals surface area contributed by atoms with Crippen molar-refractivity contribution in [1.82, 2.24) is 4.90 Å². The average Bonchev–Trinajstić information content (AvgIpc) is 3.41. The molecule has 0 radical (unpaired) electrons. The Kier molecular flexibility index (Phi) is 21.1. The van der Waals surface area contributed by atoms with Crippen LogP contribution < -0.4 is 14.2 Å². The highest BCUT2D eigenvalue weighted by atomic mass is 19.1. The molecule has 1 fully saturated rings. The summed E-state index contributed by atoms with van der Waals surface area (Å²) < 4.78 is 41.3. The van der Waals surface area contributed by atoms with Crippen LogP contribution in [-0.2, 0) is 27.5 Å². The van der Waals surface area contributed by atoms with Crippen molar-refractivity contribution in [1.29, 1.82) is 0 Å².